The minimum absolute atomic E-state index is 0.0840. The minimum atomic E-state index is -0.177. The number of carbonyl (C=O) groups excluding carboxylic acids is 1. The Morgan fingerprint density at radius 3 is 2.65 bits per heavy atom. The van der Waals surface area contributed by atoms with Crippen molar-refractivity contribution in [2.24, 2.45) is 0 Å². The lowest BCUT2D eigenvalue weighted by molar-refractivity contribution is -0.120. The van der Waals surface area contributed by atoms with Crippen LogP contribution >= 0.6 is 11.3 Å². The molecule has 0 radical (unpaired) electrons. The molecule has 0 bridgehead atoms. The topological polar surface area (TPSA) is 64.5 Å². The van der Waals surface area contributed by atoms with Crippen molar-refractivity contribution in [3.05, 3.63) is 78.1 Å². The van der Waals surface area contributed by atoms with Crippen LogP contribution in [0, 0.1) is 6.92 Å². The molecule has 158 valence electrons. The van der Waals surface area contributed by atoms with Gasteiger partial charge >= 0.3 is 0 Å². The number of carbonyl (C=O) groups is 1. The van der Waals surface area contributed by atoms with Crippen LogP contribution in [0.25, 0.3) is 10.2 Å². The van der Waals surface area contributed by atoms with Gasteiger partial charge in [-0.2, -0.15) is 0 Å². The van der Waals surface area contributed by atoms with Crippen LogP contribution in [-0.4, -0.2) is 29.1 Å². The maximum atomic E-state index is 13.2. The number of aryl methyl sites for hydroxylation is 1. The first-order chi connectivity index (χ1) is 15.2. The fraction of sp³-hybridized carbons (Fsp3) is 0.208. The van der Waals surface area contributed by atoms with Gasteiger partial charge in [-0.1, -0.05) is 41.7 Å². The van der Waals surface area contributed by atoms with Crippen LogP contribution in [0.15, 0.2) is 67.0 Å². The van der Waals surface area contributed by atoms with Gasteiger partial charge in [0.1, 0.15) is 17.0 Å². The molecule has 6 nitrogen and oxygen atoms in total. The third-order valence-electron chi connectivity index (χ3n) is 4.71. The smallest absolute Gasteiger partial charge is 0.267 e. The number of anilines is 1. The average Bonchev–Trinajstić information content (AvgIpc) is 3.23. The normalized spacial score (nSPS) is 10.8. The number of para-hydroxylation sites is 2. The quantitative estimate of drug-likeness (QED) is 0.391. The second-order valence-electron chi connectivity index (χ2n) is 6.93. The Balaban J connectivity index is 1.64. The largest absolute Gasteiger partial charge is 0.492 e. The van der Waals surface area contributed by atoms with E-state index in [2.05, 4.69) is 4.98 Å². The first-order valence-corrected chi connectivity index (χ1v) is 10.9. The maximum absolute atomic E-state index is 13.2. The van der Waals surface area contributed by atoms with Crippen LogP contribution in [-0.2, 0) is 11.3 Å². The molecule has 0 saturated carbocycles. The predicted octanol–water partition coefficient (Wildman–Crippen LogP) is 5.01. The van der Waals surface area contributed by atoms with Crippen LogP contribution in [0.2, 0.25) is 0 Å². The first-order valence-electron chi connectivity index (χ1n) is 10.1. The van der Waals surface area contributed by atoms with Gasteiger partial charge in [0.25, 0.3) is 5.91 Å². The molecule has 2 aromatic heterocycles. The lowest BCUT2D eigenvalue weighted by Gasteiger charge is -2.20. The molecule has 1 amide bonds. The van der Waals surface area contributed by atoms with Crippen molar-refractivity contribution < 1.29 is 14.3 Å². The maximum Gasteiger partial charge on any atom is 0.267 e. The molecule has 4 aromatic rings. The molecule has 0 spiro atoms. The zero-order valence-electron chi connectivity index (χ0n) is 17.4. The molecule has 0 aliphatic carbocycles. The Morgan fingerprint density at radius 1 is 1.03 bits per heavy atom. The van der Waals surface area contributed by atoms with E-state index in [1.807, 2.05) is 68.4 Å². The summed E-state index contributed by atoms with van der Waals surface area (Å²) < 4.78 is 12.5. The van der Waals surface area contributed by atoms with Crippen LogP contribution < -0.4 is 14.4 Å². The van der Waals surface area contributed by atoms with Crippen molar-refractivity contribution >= 4 is 32.6 Å². The zero-order chi connectivity index (χ0) is 21.6. The van der Waals surface area contributed by atoms with E-state index in [1.54, 1.807) is 17.3 Å². The molecule has 0 aliphatic heterocycles. The highest BCUT2D eigenvalue weighted by atomic mass is 32.1. The van der Waals surface area contributed by atoms with Gasteiger partial charge in [-0.25, -0.2) is 4.98 Å². The van der Waals surface area contributed by atoms with E-state index in [1.165, 1.54) is 11.3 Å². The van der Waals surface area contributed by atoms with Crippen molar-refractivity contribution in [1.82, 2.24) is 9.97 Å². The van der Waals surface area contributed by atoms with Crippen molar-refractivity contribution in [3.63, 3.8) is 0 Å². The summed E-state index contributed by atoms with van der Waals surface area (Å²) in [7, 11) is 0. The number of aromatic nitrogens is 2. The van der Waals surface area contributed by atoms with Gasteiger partial charge in [0, 0.05) is 12.4 Å². The second kappa shape index (κ2) is 9.57. The number of amides is 1. The van der Waals surface area contributed by atoms with Gasteiger partial charge in [-0.05, 0) is 49.2 Å². The van der Waals surface area contributed by atoms with Crippen molar-refractivity contribution in [1.29, 1.82) is 0 Å². The molecule has 0 saturated heterocycles. The lowest BCUT2D eigenvalue weighted by Crippen LogP contribution is -2.34. The van der Waals surface area contributed by atoms with E-state index in [9.17, 15) is 4.79 Å². The Bertz CT molecular complexity index is 1180. The summed E-state index contributed by atoms with van der Waals surface area (Å²) in [6, 6.07) is 17.3. The Kier molecular flexibility index (Phi) is 6.43. The molecule has 31 heavy (non-hydrogen) atoms. The third-order valence-corrected chi connectivity index (χ3v) is 5.75. The lowest BCUT2D eigenvalue weighted by atomic mass is 10.2. The Hall–Kier alpha value is -3.45. The molecule has 0 N–H and O–H groups in total. The molecule has 0 fully saturated rings. The molecular weight excluding hydrogens is 410 g/mol. The van der Waals surface area contributed by atoms with Gasteiger partial charge in [0.15, 0.2) is 11.7 Å². The fourth-order valence-electron chi connectivity index (χ4n) is 3.17. The number of pyridine rings is 1. The number of benzene rings is 2. The Labute approximate surface area is 185 Å². The Morgan fingerprint density at radius 2 is 1.87 bits per heavy atom. The van der Waals surface area contributed by atoms with Gasteiger partial charge < -0.3 is 9.47 Å². The number of fused-ring (bicyclic) bond motifs is 1. The molecule has 0 unspecified atom stereocenters. The summed E-state index contributed by atoms with van der Waals surface area (Å²) in [5, 5.41) is 0.601. The van der Waals surface area contributed by atoms with Gasteiger partial charge in [0.2, 0.25) is 0 Å². The minimum Gasteiger partial charge on any atom is -0.492 e. The average molecular weight is 434 g/mol. The molecule has 0 aliphatic rings. The standard InChI is InChI=1S/C24H23N3O3S/c1-3-29-20-11-6-12-21-23(20)26-24(31-21)27(15-18-9-7-13-25-14-18)22(28)16-30-19-10-5-4-8-17(19)2/h4-14H,3,15-16H2,1-2H3. The summed E-state index contributed by atoms with van der Waals surface area (Å²) in [5.74, 6) is 1.23. The summed E-state index contributed by atoms with van der Waals surface area (Å²) in [6.45, 7) is 4.71. The summed E-state index contributed by atoms with van der Waals surface area (Å²) in [6.07, 6.45) is 3.46. The van der Waals surface area contributed by atoms with E-state index in [0.29, 0.717) is 29.8 Å². The first kappa shape index (κ1) is 20.8. The highest BCUT2D eigenvalue weighted by Gasteiger charge is 2.22. The van der Waals surface area contributed by atoms with Crippen molar-refractivity contribution in [2.75, 3.05) is 18.1 Å². The highest BCUT2D eigenvalue weighted by molar-refractivity contribution is 7.22. The second-order valence-corrected chi connectivity index (χ2v) is 7.94. The van der Waals surface area contributed by atoms with E-state index < -0.39 is 0 Å². The molecule has 4 rings (SSSR count). The predicted molar refractivity (Wildman–Crippen MR) is 123 cm³/mol. The van der Waals surface area contributed by atoms with Gasteiger partial charge in [-0.3, -0.25) is 14.7 Å². The molecule has 2 aromatic carbocycles. The van der Waals surface area contributed by atoms with Gasteiger partial charge in [-0.15, -0.1) is 0 Å². The van der Waals surface area contributed by atoms with Crippen LogP contribution in [0.4, 0.5) is 5.13 Å². The van der Waals surface area contributed by atoms with Crippen LogP contribution in [0.1, 0.15) is 18.1 Å². The number of ether oxygens (including phenoxy) is 2. The van der Waals surface area contributed by atoms with Crippen LogP contribution in [0.3, 0.4) is 0 Å². The monoisotopic (exact) mass is 433 g/mol. The number of hydrogen-bond donors (Lipinski definition) is 0. The zero-order valence-corrected chi connectivity index (χ0v) is 18.3. The van der Waals surface area contributed by atoms with Crippen LogP contribution in [0.5, 0.6) is 11.5 Å². The summed E-state index contributed by atoms with van der Waals surface area (Å²) in [4.78, 5) is 23.8. The molecule has 7 heteroatoms. The molecular formula is C24H23N3O3S. The molecule has 0 atom stereocenters. The SMILES string of the molecule is CCOc1cccc2sc(N(Cc3cccnc3)C(=O)COc3ccccc3C)nc12. The summed E-state index contributed by atoms with van der Waals surface area (Å²) in [5.41, 5.74) is 2.65. The van der Waals surface area contributed by atoms with E-state index in [4.69, 9.17) is 14.5 Å². The van der Waals surface area contributed by atoms with E-state index >= 15 is 0 Å². The number of thiazole rings is 1. The van der Waals surface area contributed by atoms with E-state index in [0.717, 1.165) is 21.3 Å². The van der Waals surface area contributed by atoms with Crippen molar-refractivity contribution in [2.45, 2.75) is 20.4 Å². The number of hydrogen-bond acceptors (Lipinski definition) is 6. The van der Waals surface area contributed by atoms with E-state index in [-0.39, 0.29) is 12.5 Å². The molecule has 2 heterocycles. The highest BCUT2D eigenvalue weighted by Crippen LogP contribution is 2.35. The fourth-order valence-corrected chi connectivity index (χ4v) is 4.17. The number of rotatable bonds is 8. The third kappa shape index (κ3) is 4.83. The van der Waals surface area contributed by atoms with Crippen molar-refractivity contribution in [3.8, 4) is 11.5 Å². The summed E-state index contributed by atoms with van der Waals surface area (Å²) >= 11 is 1.46. The van der Waals surface area contributed by atoms with Gasteiger partial charge in [0.05, 0.1) is 17.9 Å². The number of nitrogens with zero attached hydrogens (tertiary/aromatic N) is 3.